The smallest absolute Gasteiger partial charge is 0.119 e. The van der Waals surface area contributed by atoms with Crippen LogP contribution < -0.4 is 16.0 Å². The maximum Gasteiger partial charge on any atom is 0.119 e. The molecule has 1 aromatic rings. The van der Waals surface area contributed by atoms with Gasteiger partial charge in [-0.2, -0.15) is 0 Å². The van der Waals surface area contributed by atoms with Crippen molar-refractivity contribution in [2.75, 3.05) is 7.11 Å². The number of hydrogen-bond donors (Lipinski definition) is 2. The summed E-state index contributed by atoms with van der Waals surface area (Å²) < 4.78 is 11.1. The van der Waals surface area contributed by atoms with Crippen molar-refractivity contribution >= 4 is 0 Å². The highest BCUT2D eigenvalue weighted by molar-refractivity contribution is 5.29. The van der Waals surface area contributed by atoms with Crippen molar-refractivity contribution in [2.24, 2.45) is 5.84 Å². The van der Waals surface area contributed by atoms with E-state index >= 15 is 0 Å². The highest BCUT2D eigenvalue weighted by Crippen LogP contribution is 2.24. The largest absolute Gasteiger partial charge is 0.497 e. The third-order valence-electron chi connectivity index (χ3n) is 3.52. The number of hydrazine groups is 1. The summed E-state index contributed by atoms with van der Waals surface area (Å²) in [7, 11) is 1.68. The molecule has 18 heavy (non-hydrogen) atoms. The minimum atomic E-state index is 0.155. The van der Waals surface area contributed by atoms with E-state index in [2.05, 4.69) is 18.4 Å². The van der Waals surface area contributed by atoms with E-state index in [0.29, 0.717) is 6.10 Å². The zero-order valence-corrected chi connectivity index (χ0v) is 11.1. The number of ether oxygens (including phenoxy) is 2. The van der Waals surface area contributed by atoms with Gasteiger partial charge in [0, 0.05) is 0 Å². The maximum absolute atomic E-state index is 5.87. The molecule has 4 heteroatoms. The van der Waals surface area contributed by atoms with E-state index in [1.807, 2.05) is 18.2 Å². The van der Waals surface area contributed by atoms with Crippen LogP contribution in [0.2, 0.25) is 0 Å². The van der Waals surface area contributed by atoms with Crippen LogP contribution in [0.15, 0.2) is 24.3 Å². The van der Waals surface area contributed by atoms with Gasteiger partial charge in [0.1, 0.15) is 5.75 Å². The molecule has 0 aliphatic carbocycles. The lowest BCUT2D eigenvalue weighted by atomic mass is 9.99. The zero-order valence-electron chi connectivity index (χ0n) is 11.1. The molecule has 100 valence electrons. The third kappa shape index (κ3) is 3.22. The fraction of sp³-hybridized carbons (Fsp3) is 0.571. The fourth-order valence-electron chi connectivity index (χ4n) is 2.48. The van der Waals surface area contributed by atoms with Gasteiger partial charge in [-0.1, -0.05) is 12.1 Å². The van der Waals surface area contributed by atoms with Gasteiger partial charge in [0.15, 0.2) is 0 Å². The molecular weight excluding hydrogens is 228 g/mol. The lowest BCUT2D eigenvalue weighted by Crippen LogP contribution is -2.45. The Morgan fingerprint density at radius 3 is 2.94 bits per heavy atom. The van der Waals surface area contributed by atoms with Crippen LogP contribution in [0.4, 0.5) is 0 Å². The summed E-state index contributed by atoms with van der Waals surface area (Å²) in [5.41, 5.74) is 4.09. The van der Waals surface area contributed by atoms with Crippen LogP contribution in [-0.4, -0.2) is 25.4 Å². The van der Waals surface area contributed by atoms with Gasteiger partial charge in [-0.3, -0.25) is 11.3 Å². The van der Waals surface area contributed by atoms with Gasteiger partial charge < -0.3 is 9.47 Å². The van der Waals surface area contributed by atoms with Gasteiger partial charge >= 0.3 is 0 Å². The Balaban J connectivity index is 2.01. The van der Waals surface area contributed by atoms with E-state index in [1.54, 1.807) is 7.11 Å². The summed E-state index contributed by atoms with van der Waals surface area (Å²) in [6.07, 6.45) is 3.58. The Morgan fingerprint density at radius 1 is 1.50 bits per heavy atom. The first-order valence-electron chi connectivity index (χ1n) is 6.47. The summed E-state index contributed by atoms with van der Waals surface area (Å²) in [5.74, 6) is 6.53. The van der Waals surface area contributed by atoms with Gasteiger partial charge in [-0.25, -0.2) is 0 Å². The zero-order chi connectivity index (χ0) is 13.0. The molecule has 0 radical (unpaired) electrons. The average molecular weight is 250 g/mol. The van der Waals surface area contributed by atoms with Gasteiger partial charge in [0.25, 0.3) is 0 Å². The molecule has 0 aromatic heterocycles. The van der Waals surface area contributed by atoms with Crippen molar-refractivity contribution in [2.45, 2.75) is 44.4 Å². The van der Waals surface area contributed by atoms with Crippen LogP contribution >= 0.6 is 0 Å². The normalized spacial score (nSPS) is 25.1. The van der Waals surface area contributed by atoms with Crippen LogP contribution in [-0.2, 0) is 11.2 Å². The molecule has 3 unspecified atom stereocenters. The van der Waals surface area contributed by atoms with Gasteiger partial charge in [-0.05, 0) is 43.9 Å². The Hall–Kier alpha value is -1.10. The molecule has 2 rings (SSSR count). The first-order chi connectivity index (χ1) is 8.72. The van der Waals surface area contributed by atoms with Crippen LogP contribution in [0.5, 0.6) is 5.75 Å². The summed E-state index contributed by atoms with van der Waals surface area (Å²) in [6.45, 7) is 2.11. The summed E-state index contributed by atoms with van der Waals surface area (Å²) in [6, 6.07) is 8.23. The predicted octanol–water partition coefficient (Wildman–Crippen LogP) is 1.64. The quantitative estimate of drug-likeness (QED) is 0.616. The second-order valence-electron chi connectivity index (χ2n) is 4.89. The van der Waals surface area contributed by atoms with Crippen LogP contribution in [0, 0.1) is 0 Å². The molecule has 0 bridgehead atoms. The monoisotopic (exact) mass is 250 g/mol. The summed E-state index contributed by atoms with van der Waals surface area (Å²) >= 11 is 0. The van der Waals surface area contributed by atoms with Crippen LogP contribution in [0.25, 0.3) is 0 Å². The molecule has 0 amide bonds. The molecule has 3 atom stereocenters. The fourth-order valence-corrected chi connectivity index (χ4v) is 2.48. The molecule has 3 N–H and O–H groups in total. The second kappa shape index (κ2) is 6.18. The van der Waals surface area contributed by atoms with Gasteiger partial charge in [0.05, 0.1) is 25.4 Å². The van der Waals surface area contributed by atoms with Crippen molar-refractivity contribution in [3.63, 3.8) is 0 Å². The van der Waals surface area contributed by atoms with Crippen molar-refractivity contribution in [1.82, 2.24) is 5.43 Å². The number of nitrogens with one attached hydrogen (secondary N) is 1. The second-order valence-corrected chi connectivity index (χ2v) is 4.89. The average Bonchev–Trinajstić information content (AvgIpc) is 2.82. The van der Waals surface area contributed by atoms with Crippen molar-refractivity contribution in [3.8, 4) is 5.75 Å². The molecule has 1 aromatic carbocycles. The summed E-state index contributed by atoms with van der Waals surface area (Å²) in [5, 5.41) is 0. The van der Waals surface area contributed by atoms with E-state index in [-0.39, 0.29) is 12.1 Å². The third-order valence-corrected chi connectivity index (χ3v) is 3.52. The molecule has 1 aliphatic heterocycles. The highest BCUT2D eigenvalue weighted by atomic mass is 16.5. The van der Waals surface area contributed by atoms with Crippen LogP contribution in [0.1, 0.15) is 25.3 Å². The maximum atomic E-state index is 5.87. The topological polar surface area (TPSA) is 56.5 Å². The SMILES string of the molecule is COc1cccc(CC(NN)C2CCC(C)O2)c1. The van der Waals surface area contributed by atoms with E-state index in [1.165, 1.54) is 5.56 Å². The molecule has 1 heterocycles. The number of methoxy groups -OCH3 is 1. The Labute approximate surface area is 108 Å². The number of benzene rings is 1. The Kier molecular flexibility index (Phi) is 4.58. The first kappa shape index (κ1) is 13.3. The predicted molar refractivity (Wildman–Crippen MR) is 71.4 cm³/mol. The molecular formula is C14H22N2O2. The Bertz CT molecular complexity index is 384. The van der Waals surface area contributed by atoms with E-state index in [0.717, 1.165) is 25.0 Å². The summed E-state index contributed by atoms with van der Waals surface area (Å²) in [4.78, 5) is 0. The number of rotatable bonds is 5. The standard InChI is InChI=1S/C14H22N2O2/c1-10-6-7-14(18-10)13(16-15)9-11-4-3-5-12(8-11)17-2/h3-5,8,10,13-14,16H,6-7,9,15H2,1-2H3. The van der Waals surface area contributed by atoms with Crippen molar-refractivity contribution in [1.29, 1.82) is 0 Å². The van der Waals surface area contributed by atoms with Gasteiger partial charge in [0.2, 0.25) is 0 Å². The van der Waals surface area contributed by atoms with E-state index in [9.17, 15) is 0 Å². The minimum Gasteiger partial charge on any atom is -0.497 e. The highest BCUT2D eigenvalue weighted by Gasteiger charge is 2.29. The van der Waals surface area contributed by atoms with Crippen molar-refractivity contribution in [3.05, 3.63) is 29.8 Å². The Morgan fingerprint density at radius 2 is 2.33 bits per heavy atom. The lowest BCUT2D eigenvalue weighted by Gasteiger charge is -2.23. The lowest BCUT2D eigenvalue weighted by molar-refractivity contribution is 0.0320. The number of nitrogens with two attached hydrogens (primary N) is 1. The minimum absolute atomic E-state index is 0.155. The van der Waals surface area contributed by atoms with Crippen LogP contribution in [0.3, 0.4) is 0 Å². The molecule has 1 saturated heterocycles. The first-order valence-corrected chi connectivity index (χ1v) is 6.47. The molecule has 1 aliphatic rings. The molecule has 1 fully saturated rings. The van der Waals surface area contributed by atoms with E-state index in [4.69, 9.17) is 15.3 Å². The van der Waals surface area contributed by atoms with E-state index < -0.39 is 0 Å². The molecule has 0 saturated carbocycles. The number of hydrogen-bond acceptors (Lipinski definition) is 4. The van der Waals surface area contributed by atoms with Crippen molar-refractivity contribution < 1.29 is 9.47 Å². The molecule has 0 spiro atoms. The molecule has 4 nitrogen and oxygen atoms in total. The van der Waals surface area contributed by atoms with Gasteiger partial charge in [-0.15, -0.1) is 0 Å².